The monoisotopic (exact) mass is 353 g/mol. The molecule has 0 aliphatic carbocycles. The topological polar surface area (TPSA) is 86.3 Å². The number of carbonyl (C=O) groups is 1. The molecule has 3 aromatic rings. The van der Waals surface area contributed by atoms with E-state index >= 15 is 0 Å². The van der Waals surface area contributed by atoms with Crippen molar-refractivity contribution >= 4 is 5.91 Å². The fourth-order valence-corrected chi connectivity index (χ4v) is 3.07. The van der Waals surface area contributed by atoms with Crippen LogP contribution in [0.25, 0.3) is 0 Å². The van der Waals surface area contributed by atoms with Gasteiger partial charge in [0.05, 0.1) is 24.5 Å². The third-order valence-corrected chi connectivity index (χ3v) is 4.43. The average Bonchev–Trinajstić information content (AvgIpc) is 3.26. The molecule has 8 heteroatoms. The molecule has 0 N–H and O–H groups in total. The minimum Gasteiger partial charge on any atom is -0.474 e. The van der Waals surface area contributed by atoms with E-state index in [1.165, 1.54) is 0 Å². The van der Waals surface area contributed by atoms with E-state index < -0.39 is 0 Å². The second kappa shape index (κ2) is 6.99. The van der Waals surface area contributed by atoms with Crippen LogP contribution >= 0.6 is 0 Å². The molecule has 4 heterocycles. The first-order chi connectivity index (χ1) is 12.7. The van der Waals surface area contributed by atoms with E-state index in [4.69, 9.17) is 9.15 Å². The predicted molar refractivity (Wildman–Crippen MR) is 91.5 cm³/mol. The molecule has 0 saturated heterocycles. The van der Waals surface area contributed by atoms with Crippen LogP contribution in [0.5, 0.6) is 5.88 Å². The SMILES string of the molecule is Cc1ccc(C(=O)N2Cc3ccnn3CC[C@H]2COc2cnccn2)o1. The molecule has 4 rings (SSSR count). The van der Waals surface area contributed by atoms with Crippen LogP contribution in [0, 0.1) is 6.92 Å². The van der Waals surface area contributed by atoms with Crippen molar-refractivity contribution in [2.24, 2.45) is 0 Å². The van der Waals surface area contributed by atoms with Crippen molar-refractivity contribution in [3.63, 3.8) is 0 Å². The summed E-state index contributed by atoms with van der Waals surface area (Å²) in [6.45, 7) is 3.32. The van der Waals surface area contributed by atoms with Crippen molar-refractivity contribution in [3.05, 3.63) is 60.2 Å². The van der Waals surface area contributed by atoms with E-state index in [-0.39, 0.29) is 11.9 Å². The van der Waals surface area contributed by atoms with E-state index in [0.29, 0.717) is 30.6 Å². The fraction of sp³-hybridized carbons (Fsp3) is 0.333. The Balaban J connectivity index is 1.57. The minimum absolute atomic E-state index is 0.128. The molecule has 1 aliphatic rings. The van der Waals surface area contributed by atoms with E-state index in [2.05, 4.69) is 15.1 Å². The standard InChI is InChI=1S/C18H19N5O3/c1-13-2-3-16(26-13)18(24)22-11-14-4-6-21-23(14)9-5-15(22)12-25-17-10-19-7-8-20-17/h2-4,6-8,10,15H,5,9,11-12H2,1H3/t15-/m0/s1. The van der Waals surface area contributed by atoms with Gasteiger partial charge in [-0.05, 0) is 31.5 Å². The zero-order valence-corrected chi connectivity index (χ0v) is 14.4. The number of aryl methyl sites for hydroxylation is 2. The number of hydrogen-bond donors (Lipinski definition) is 0. The highest BCUT2D eigenvalue weighted by Crippen LogP contribution is 2.21. The quantitative estimate of drug-likeness (QED) is 0.714. The van der Waals surface area contributed by atoms with E-state index in [0.717, 1.165) is 18.7 Å². The summed E-state index contributed by atoms with van der Waals surface area (Å²) >= 11 is 0. The van der Waals surface area contributed by atoms with Gasteiger partial charge in [-0.2, -0.15) is 5.10 Å². The van der Waals surface area contributed by atoms with Gasteiger partial charge in [0.25, 0.3) is 5.91 Å². The van der Waals surface area contributed by atoms with Gasteiger partial charge >= 0.3 is 0 Å². The Hall–Kier alpha value is -3.16. The lowest BCUT2D eigenvalue weighted by Gasteiger charge is -2.28. The summed E-state index contributed by atoms with van der Waals surface area (Å²) in [7, 11) is 0. The number of fused-ring (bicyclic) bond motifs is 1. The first-order valence-corrected chi connectivity index (χ1v) is 8.47. The minimum atomic E-state index is -0.152. The smallest absolute Gasteiger partial charge is 0.290 e. The number of rotatable bonds is 4. The fourth-order valence-electron chi connectivity index (χ4n) is 3.07. The van der Waals surface area contributed by atoms with Crippen LogP contribution in [-0.2, 0) is 13.1 Å². The van der Waals surface area contributed by atoms with Gasteiger partial charge in [0, 0.05) is 25.1 Å². The van der Waals surface area contributed by atoms with Crippen LogP contribution in [0.3, 0.4) is 0 Å². The Kier molecular flexibility index (Phi) is 4.39. The van der Waals surface area contributed by atoms with Crippen LogP contribution in [0.1, 0.15) is 28.4 Å². The van der Waals surface area contributed by atoms with Crippen LogP contribution in [0.2, 0.25) is 0 Å². The number of furan rings is 1. The summed E-state index contributed by atoms with van der Waals surface area (Å²) < 4.78 is 13.2. The number of hydrogen-bond acceptors (Lipinski definition) is 6. The molecular formula is C18H19N5O3. The molecule has 0 radical (unpaired) electrons. The highest BCUT2D eigenvalue weighted by Gasteiger charge is 2.31. The highest BCUT2D eigenvalue weighted by atomic mass is 16.5. The van der Waals surface area contributed by atoms with Gasteiger partial charge in [-0.3, -0.25) is 14.5 Å². The van der Waals surface area contributed by atoms with Gasteiger partial charge in [0.2, 0.25) is 5.88 Å². The molecule has 0 saturated carbocycles. The zero-order valence-electron chi connectivity index (χ0n) is 14.4. The normalized spacial score (nSPS) is 16.8. The van der Waals surface area contributed by atoms with Crippen molar-refractivity contribution in [2.75, 3.05) is 6.61 Å². The first kappa shape index (κ1) is 16.3. The van der Waals surface area contributed by atoms with Crippen molar-refractivity contribution in [1.82, 2.24) is 24.6 Å². The van der Waals surface area contributed by atoms with Gasteiger partial charge in [-0.1, -0.05) is 0 Å². The first-order valence-electron chi connectivity index (χ1n) is 8.47. The Bertz CT molecular complexity index is 889. The number of aromatic nitrogens is 4. The van der Waals surface area contributed by atoms with Gasteiger partial charge in [-0.15, -0.1) is 0 Å². The molecule has 0 aromatic carbocycles. The Labute approximate surface area is 150 Å². The number of ether oxygens (including phenoxy) is 1. The van der Waals surface area contributed by atoms with Crippen molar-refractivity contribution in [3.8, 4) is 5.88 Å². The molecule has 1 atom stereocenters. The maximum absolute atomic E-state index is 13.0. The van der Waals surface area contributed by atoms with Crippen LogP contribution < -0.4 is 4.74 Å². The molecular weight excluding hydrogens is 334 g/mol. The molecule has 0 unspecified atom stereocenters. The molecule has 0 bridgehead atoms. The highest BCUT2D eigenvalue weighted by molar-refractivity contribution is 5.91. The molecule has 8 nitrogen and oxygen atoms in total. The summed E-state index contributed by atoms with van der Waals surface area (Å²) in [4.78, 5) is 22.9. The maximum atomic E-state index is 13.0. The molecule has 134 valence electrons. The van der Waals surface area contributed by atoms with Gasteiger partial charge < -0.3 is 14.1 Å². The summed E-state index contributed by atoms with van der Waals surface area (Å²) in [5.74, 6) is 1.33. The number of carbonyl (C=O) groups excluding carboxylic acids is 1. The summed E-state index contributed by atoms with van der Waals surface area (Å²) in [5, 5.41) is 4.33. The van der Waals surface area contributed by atoms with Crippen LogP contribution in [0.15, 0.2) is 47.4 Å². The van der Waals surface area contributed by atoms with E-state index in [1.807, 2.05) is 17.7 Å². The molecule has 0 spiro atoms. The molecule has 1 amide bonds. The number of amides is 1. The lowest BCUT2D eigenvalue weighted by atomic mass is 10.1. The molecule has 3 aromatic heterocycles. The van der Waals surface area contributed by atoms with Gasteiger partial charge in [0.1, 0.15) is 12.4 Å². The lowest BCUT2D eigenvalue weighted by Crippen LogP contribution is -2.42. The summed E-state index contributed by atoms with van der Waals surface area (Å²) in [6, 6.07) is 5.30. The Morgan fingerprint density at radius 3 is 3.00 bits per heavy atom. The predicted octanol–water partition coefficient (Wildman–Crippen LogP) is 2.07. The van der Waals surface area contributed by atoms with Crippen LogP contribution in [-0.4, -0.2) is 43.2 Å². The third kappa shape index (κ3) is 3.30. The Morgan fingerprint density at radius 1 is 1.31 bits per heavy atom. The van der Waals surface area contributed by atoms with Crippen molar-refractivity contribution in [2.45, 2.75) is 32.5 Å². The average molecular weight is 353 g/mol. The van der Waals surface area contributed by atoms with Crippen LogP contribution in [0.4, 0.5) is 0 Å². The zero-order chi connectivity index (χ0) is 17.9. The maximum Gasteiger partial charge on any atom is 0.290 e. The number of nitrogens with zero attached hydrogens (tertiary/aromatic N) is 5. The molecule has 26 heavy (non-hydrogen) atoms. The van der Waals surface area contributed by atoms with Crippen molar-refractivity contribution in [1.29, 1.82) is 0 Å². The molecule has 1 aliphatic heterocycles. The van der Waals surface area contributed by atoms with Gasteiger partial charge in [-0.25, -0.2) is 4.98 Å². The second-order valence-electron chi connectivity index (χ2n) is 6.19. The largest absolute Gasteiger partial charge is 0.474 e. The van der Waals surface area contributed by atoms with E-state index in [9.17, 15) is 4.79 Å². The lowest BCUT2D eigenvalue weighted by molar-refractivity contribution is 0.0552. The van der Waals surface area contributed by atoms with Crippen molar-refractivity contribution < 1.29 is 13.9 Å². The summed E-state index contributed by atoms with van der Waals surface area (Å²) in [5.41, 5.74) is 0.989. The summed E-state index contributed by atoms with van der Waals surface area (Å²) in [6.07, 6.45) is 7.20. The van der Waals surface area contributed by atoms with Gasteiger partial charge in [0.15, 0.2) is 5.76 Å². The third-order valence-electron chi connectivity index (χ3n) is 4.43. The molecule has 0 fully saturated rings. The van der Waals surface area contributed by atoms with E-state index in [1.54, 1.807) is 41.8 Å². The second-order valence-corrected chi connectivity index (χ2v) is 6.19. The Morgan fingerprint density at radius 2 is 2.23 bits per heavy atom.